The molecule has 1 aliphatic rings. The van der Waals surface area contributed by atoms with Crippen molar-refractivity contribution >= 4 is 22.9 Å². The molecule has 1 saturated heterocycles. The highest BCUT2D eigenvalue weighted by molar-refractivity contribution is 6.06. The summed E-state index contributed by atoms with van der Waals surface area (Å²) in [5.74, 6) is 0.0603. The summed E-state index contributed by atoms with van der Waals surface area (Å²) in [7, 11) is 0. The Hall–Kier alpha value is -3.23. The molecule has 29 heavy (non-hydrogen) atoms. The second kappa shape index (κ2) is 7.31. The molecule has 0 unspecified atom stereocenters. The number of amides is 2. The van der Waals surface area contributed by atoms with Gasteiger partial charge in [0.25, 0.3) is 17.5 Å². The zero-order valence-corrected chi connectivity index (χ0v) is 16.9. The van der Waals surface area contributed by atoms with E-state index in [0.29, 0.717) is 54.2 Å². The maximum Gasteiger partial charge on any atom is 0.292 e. The molecule has 1 fully saturated rings. The van der Waals surface area contributed by atoms with Gasteiger partial charge in [-0.3, -0.25) is 9.59 Å². The number of rotatable bonds is 3. The first-order valence-electron chi connectivity index (χ1n) is 9.64. The molecular formula is C20H23N5O4. The summed E-state index contributed by atoms with van der Waals surface area (Å²) in [6.45, 7) is 9.32. The van der Waals surface area contributed by atoms with Crippen molar-refractivity contribution in [3.05, 3.63) is 40.5 Å². The quantitative estimate of drug-likeness (QED) is 0.669. The van der Waals surface area contributed by atoms with Gasteiger partial charge in [-0.15, -0.1) is 0 Å². The summed E-state index contributed by atoms with van der Waals surface area (Å²) < 4.78 is 10.4. The van der Waals surface area contributed by atoms with E-state index in [1.807, 2.05) is 19.9 Å². The van der Waals surface area contributed by atoms with Crippen molar-refractivity contribution in [1.82, 2.24) is 25.1 Å². The lowest BCUT2D eigenvalue weighted by Crippen LogP contribution is -2.50. The van der Waals surface area contributed by atoms with Crippen LogP contribution in [0.1, 0.15) is 57.8 Å². The van der Waals surface area contributed by atoms with Crippen LogP contribution in [0.15, 0.2) is 21.2 Å². The number of pyridine rings is 1. The number of aromatic nitrogens is 3. The lowest BCUT2D eigenvalue weighted by Gasteiger charge is -2.34. The van der Waals surface area contributed by atoms with Crippen molar-refractivity contribution in [2.24, 2.45) is 0 Å². The molecule has 0 radical (unpaired) electrons. The third-order valence-corrected chi connectivity index (χ3v) is 5.15. The Morgan fingerprint density at radius 1 is 0.966 bits per heavy atom. The molecule has 3 aromatic heterocycles. The number of nitrogens with zero attached hydrogens (tertiary/aromatic N) is 5. The van der Waals surface area contributed by atoms with Crippen molar-refractivity contribution in [2.45, 2.75) is 33.6 Å². The minimum Gasteiger partial charge on any atom is -0.351 e. The summed E-state index contributed by atoms with van der Waals surface area (Å²) in [6, 6.07) is 3.45. The largest absolute Gasteiger partial charge is 0.351 e. The number of fused-ring (bicyclic) bond motifs is 1. The van der Waals surface area contributed by atoms with Crippen LogP contribution in [0, 0.1) is 13.8 Å². The smallest absolute Gasteiger partial charge is 0.292 e. The van der Waals surface area contributed by atoms with Crippen LogP contribution in [0.2, 0.25) is 0 Å². The van der Waals surface area contributed by atoms with Gasteiger partial charge in [-0.1, -0.05) is 24.2 Å². The summed E-state index contributed by atoms with van der Waals surface area (Å²) in [5, 5.41) is 8.39. The van der Waals surface area contributed by atoms with Crippen LogP contribution in [0.5, 0.6) is 0 Å². The Balaban J connectivity index is 1.54. The van der Waals surface area contributed by atoms with Crippen LogP contribution < -0.4 is 0 Å². The molecule has 4 rings (SSSR count). The predicted octanol–water partition coefficient (Wildman–Crippen LogP) is 2.55. The van der Waals surface area contributed by atoms with Crippen molar-refractivity contribution in [2.75, 3.05) is 26.2 Å². The number of carbonyl (C=O) groups excluding carboxylic acids is 2. The minimum absolute atomic E-state index is 0.104. The van der Waals surface area contributed by atoms with E-state index in [9.17, 15) is 9.59 Å². The van der Waals surface area contributed by atoms with Crippen LogP contribution >= 0.6 is 0 Å². The normalized spacial score (nSPS) is 14.8. The van der Waals surface area contributed by atoms with Gasteiger partial charge in [0.2, 0.25) is 5.76 Å². The molecule has 4 heterocycles. The first kappa shape index (κ1) is 19.1. The summed E-state index contributed by atoms with van der Waals surface area (Å²) in [5.41, 5.74) is 3.01. The van der Waals surface area contributed by atoms with E-state index in [4.69, 9.17) is 9.05 Å². The van der Waals surface area contributed by atoms with Gasteiger partial charge < -0.3 is 18.8 Å². The van der Waals surface area contributed by atoms with Crippen LogP contribution in [0.25, 0.3) is 11.1 Å². The molecule has 0 aromatic carbocycles. The monoisotopic (exact) mass is 397 g/mol. The molecular weight excluding hydrogens is 374 g/mol. The number of aryl methyl sites for hydroxylation is 2. The molecule has 0 aliphatic carbocycles. The number of carbonyl (C=O) groups is 2. The molecule has 0 atom stereocenters. The van der Waals surface area contributed by atoms with Gasteiger partial charge in [0.05, 0.1) is 22.3 Å². The van der Waals surface area contributed by atoms with E-state index in [-0.39, 0.29) is 23.5 Å². The van der Waals surface area contributed by atoms with Gasteiger partial charge in [0.1, 0.15) is 0 Å². The zero-order valence-electron chi connectivity index (χ0n) is 16.9. The highest BCUT2D eigenvalue weighted by Gasteiger charge is 2.29. The number of piperazine rings is 1. The van der Waals surface area contributed by atoms with E-state index in [0.717, 1.165) is 5.69 Å². The fourth-order valence-electron chi connectivity index (χ4n) is 3.48. The first-order chi connectivity index (χ1) is 13.8. The molecule has 0 saturated carbocycles. The van der Waals surface area contributed by atoms with Crippen molar-refractivity contribution < 1.29 is 18.6 Å². The fourth-order valence-corrected chi connectivity index (χ4v) is 3.48. The molecule has 2 amide bonds. The summed E-state index contributed by atoms with van der Waals surface area (Å²) >= 11 is 0. The van der Waals surface area contributed by atoms with Crippen LogP contribution in [0.3, 0.4) is 0 Å². The fraction of sp³-hybridized carbons (Fsp3) is 0.450. The maximum absolute atomic E-state index is 13.3. The number of hydrogen-bond acceptors (Lipinski definition) is 7. The van der Waals surface area contributed by atoms with E-state index in [1.165, 1.54) is 0 Å². The molecule has 152 valence electrons. The lowest BCUT2D eigenvalue weighted by atomic mass is 10.0. The molecule has 9 heteroatoms. The topological polar surface area (TPSA) is 106 Å². The Kier molecular flexibility index (Phi) is 4.81. The average molecular weight is 397 g/mol. The third kappa shape index (κ3) is 3.48. The maximum atomic E-state index is 13.3. The van der Waals surface area contributed by atoms with Crippen molar-refractivity contribution in [1.29, 1.82) is 0 Å². The van der Waals surface area contributed by atoms with Gasteiger partial charge in [-0.25, -0.2) is 4.98 Å². The SMILES string of the molecule is Cc1cc(C(=O)N2CCN(C(=O)c3cc(C(C)C)nc4onc(C)c34)CC2)on1. The standard InChI is InChI=1S/C20H23N5O4/c1-11(2)15-10-14(17-13(4)23-29-18(17)21-15)19(26)24-5-7-25(8-6-24)20(27)16-9-12(3)22-28-16/h9-11H,5-8H2,1-4H3. The lowest BCUT2D eigenvalue weighted by molar-refractivity contribution is 0.0513. The van der Waals surface area contributed by atoms with Gasteiger partial charge in [0.15, 0.2) is 0 Å². The van der Waals surface area contributed by atoms with Crippen molar-refractivity contribution in [3.63, 3.8) is 0 Å². The first-order valence-corrected chi connectivity index (χ1v) is 9.64. The van der Waals surface area contributed by atoms with Gasteiger partial charge >= 0.3 is 0 Å². The molecule has 3 aromatic rings. The van der Waals surface area contributed by atoms with Gasteiger partial charge in [-0.05, 0) is 25.8 Å². The Bertz CT molecular complexity index is 1080. The second-order valence-electron chi connectivity index (χ2n) is 7.61. The molecule has 9 nitrogen and oxygen atoms in total. The average Bonchev–Trinajstić information content (AvgIpc) is 3.32. The van der Waals surface area contributed by atoms with Crippen molar-refractivity contribution in [3.8, 4) is 0 Å². The third-order valence-electron chi connectivity index (χ3n) is 5.15. The predicted molar refractivity (Wildman–Crippen MR) is 104 cm³/mol. The highest BCUT2D eigenvalue weighted by atomic mass is 16.5. The van der Waals surface area contributed by atoms with E-state index < -0.39 is 0 Å². The molecule has 0 spiro atoms. The van der Waals surface area contributed by atoms with Gasteiger partial charge in [-0.2, -0.15) is 0 Å². The Morgan fingerprint density at radius 3 is 2.21 bits per heavy atom. The molecule has 0 bridgehead atoms. The molecule has 1 aliphatic heterocycles. The van der Waals surface area contributed by atoms with Crippen LogP contribution in [-0.2, 0) is 0 Å². The van der Waals surface area contributed by atoms with Crippen LogP contribution in [-0.4, -0.2) is 63.1 Å². The highest BCUT2D eigenvalue weighted by Crippen LogP contribution is 2.26. The second-order valence-corrected chi connectivity index (χ2v) is 7.61. The van der Waals surface area contributed by atoms with E-state index in [2.05, 4.69) is 15.3 Å². The number of hydrogen-bond donors (Lipinski definition) is 0. The Labute approximate surface area is 167 Å². The Morgan fingerprint density at radius 2 is 1.62 bits per heavy atom. The van der Waals surface area contributed by atoms with Gasteiger partial charge in [0, 0.05) is 37.9 Å². The van der Waals surface area contributed by atoms with E-state index in [1.54, 1.807) is 29.7 Å². The summed E-state index contributed by atoms with van der Waals surface area (Å²) in [6.07, 6.45) is 0. The minimum atomic E-state index is -0.207. The zero-order chi connectivity index (χ0) is 20.7. The molecule has 0 N–H and O–H groups in total. The van der Waals surface area contributed by atoms with E-state index >= 15 is 0 Å². The van der Waals surface area contributed by atoms with Crippen LogP contribution in [0.4, 0.5) is 0 Å². The summed E-state index contributed by atoms with van der Waals surface area (Å²) in [4.78, 5) is 33.7.